The zero-order valence-corrected chi connectivity index (χ0v) is 11.2. The van der Waals surface area contributed by atoms with E-state index in [1.54, 1.807) is 0 Å². The average Bonchev–Trinajstić information content (AvgIpc) is 3.06. The number of aromatic amines is 1. The molecule has 0 aliphatic heterocycles. The van der Waals surface area contributed by atoms with Crippen molar-refractivity contribution in [3.8, 4) is 0 Å². The lowest BCUT2D eigenvalue weighted by Gasteiger charge is -2.08. The highest BCUT2D eigenvalue weighted by atomic mass is 16.2. The van der Waals surface area contributed by atoms with Crippen molar-refractivity contribution in [2.24, 2.45) is 0 Å². The maximum Gasteiger partial charge on any atom is 0.290 e. The molecule has 7 heteroatoms. The minimum absolute atomic E-state index is 0.0797. The summed E-state index contributed by atoms with van der Waals surface area (Å²) in [6.45, 7) is 4.07. The fraction of sp³-hybridized carbons (Fsp3) is 0.667. The Kier molecular flexibility index (Phi) is 4.13. The molecule has 1 aliphatic rings. The van der Waals surface area contributed by atoms with Gasteiger partial charge in [-0.05, 0) is 26.7 Å². The Bertz CT molecular complexity index is 464. The van der Waals surface area contributed by atoms with Crippen LogP contribution in [0.4, 0.5) is 0 Å². The third-order valence-electron chi connectivity index (χ3n) is 2.76. The van der Waals surface area contributed by atoms with Gasteiger partial charge in [-0.25, -0.2) is 4.98 Å². The molecule has 0 atom stereocenters. The Morgan fingerprint density at radius 2 is 2.16 bits per heavy atom. The van der Waals surface area contributed by atoms with Crippen molar-refractivity contribution in [2.45, 2.75) is 45.1 Å². The van der Waals surface area contributed by atoms with E-state index in [1.165, 1.54) is 0 Å². The summed E-state index contributed by atoms with van der Waals surface area (Å²) in [4.78, 5) is 27.2. The van der Waals surface area contributed by atoms with Crippen molar-refractivity contribution < 1.29 is 9.59 Å². The summed E-state index contributed by atoms with van der Waals surface area (Å²) in [7, 11) is 0. The lowest BCUT2D eigenvalue weighted by Crippen LogP contribution is -2.34. The average molecular weight is 265 g/mol. The largest absolute Gasteiger partial charge is 0.354 e. The summed E-state index contributed by atoms with van der Waals surface area (Å²) in [5, 5.41) is 12.0. The minimum atomic E-state index is -0.347. The van der Waals surface area contributed by atoms with Crippen LogP contribution in [-0.4, -0.2) is 39.6 Å². The normalized spacial score (nSPS) is 14.5. The highest BCUT2D eigenvalue weighted by Crippen LogP contribution is 2.37. The molecule has 1 fully saturated rings. The zero-order chi connectivity index (χ0) is 13.8. The molecule has 1 aliphatic carbocycles. The molecule has 3 N–H and O–H groups in total. The van der Waals surface area contributed by atoms with Crippen LogP contribution in [0.3, 0.4) is 0 Å². The van der Waals surface area contributed by atoms with E-state index < -0.39 is 0 Å². The monoisotopic (exact) mass is 265 g/mol. The van der Waals surface area contributed by atoms with E-state index in [0.29, 0.717) is 5.92 Å². The van der Waals surface area contributed by atoms with Crippen LogP contribution in [0.1, 0.15) is 55.5 Å². The Morgan fingerprint density at radius 1 is 1.42 bits per heavy atom. The van der Waals surface area contributed by atoms with E-state index in [2.05, 4.69) is 25.8 Å². The molecule has 1 aromatic heterocycles. The fourth-order valence-corrected chi connectivity index (χ4v) is 1.68. The van der Waals surface area contributed by atoms with E-state index in [0.717, 1.165) is 18.7 Å². The van der Waals surface area contributed by atoms with Crippen LogP contribution in [0, 0.1) is 0 Å². The first-order valence-electron chi connectivity index (χ1n) is 6.56. The second-order valence-electron chi connectivity index (χ2n) is 5.05. The minimum Gasteiger partial charge on any atom is -0.354 e. The summed E-state index contributed by atoms with van der Waals surface area (Å²) >= 11 is 0. The second-order valence-corrected chi connectivity index (χ2v) is 5.05. The smallest absolute Gasteiger partial charge is 0.290 e. The van der Waals surface area contributed by atoms with Crippen LogP contribution in [-0.2, 0) is 4.79 Å². The van der Waals surface area contributed by atoms with Crippen LogP contribution in [0.15, 0.2) is 0 Å². The number of H-pyrrole nitrogens is 1. The number of nitrogens with one attached hydrogen (secondary N) is 3. The zero-order valence-electron chi connectivity index (χ0n) is 11.2. The first kappa shape index (κ1) is 13.5. The Labute approximate surface area is 111 Å². The topological polar surface area (TPSA) is 99.8 Å². The lowest BCUT2D eigenvalue weighted by molar-refractivity contribution is -0.121. The van der Waals surface area contributed by atoms with Gasteiger partial charge in [0.25, 0.3) is 5.91 Å². The van der Waals surface area contributed by atoms with E-state index in [-0.39, 0.29) is 36.6 Å². The van der Waals surface area contributed by atoms with Gasteiger partial charge in [0.1, 0.15) is 5.82 Å². The highest BCUT2D eigenvalue weighted by Gasteiger charge is 2.28. The predicted octanol–water partition coefficient (Wildman–Crippen LogP) is 0.327. The molecule has 0 radical (unpaired) electrons. The first-order valence-corrected chi connectivity index (χ1v) is 6.56. The molecule has 7 nitrogen and oxygen atoms in total. The molecule has 1 heterocycles. The summed E-state index contributed by atoms with van der Waals surface area (Å²) < 4.78 is 0. The molecule has 0 unspecified atom stereocenters. The van der Waals surface area contributed by atoms with Gasteiger partial charge in [0.15, 0.2) is 0 Å². The number of hydrogen-bond acceptors (Lipinski definition) is 4. The standard InChI is InChI=1S/C12H19N5O2/c1-7(2)14-9(18)5-6-13-12(19)11-15-10(16-17-11)8-3-4-8/h7-8H,3-6H2,1-2H3,(H,13,19)(H,14,18)(H,15,16,17). The van der Waals surface area contributed by atoms with Gasteiger partial charge in [-0.1, -0.05) is 0 Å². The predicted molar refractivity (Wildman–Crippen MR) is 68.6 cm³/mol. The fourth-order valence-electron chi connectivity index (χ4n) is 1.68. The molecular formula is C12H19N5O2. The van der Waals surface area contributed by atoms with E-state index in [4.69, 9.17) is 0 Å². The molecule has 0 bridgehead atoms. The number of amides is 2. The van der Waals surface area contributed by atoms with Crippen molar-refractivity contribution in [3.05, 3.63) is 11.6 Å². The summed E-state index contributed by atoms with van der Waals surface area (Å²) in [6.07, 6.45) is 2.46. The van der Waals surface area contributed by atoms with Crippen molar-refractivity contribution in [3.63, 3.8) is 0 Å². The van der Waals surface area contributed by atoms with Gasteiger partial charge in [0.05, 0.1) is 0 Å². The summed E-state index contributed by atoms with van der Waals surface area (Å²) in [6, 6.07) is 0.109. The van der Waals surface area contributed by atoms with Gasteiger partial charge in [-0.15, -0.1) is 5.10 Å². The van der Waals surface area contributed by atoms with Gasteiger partial charge in [-0.3, -0.25) is 14.7 Å². The number of carbonyl (C=O) groups excluding carboxylic acids is 2. The van der Waals surface area contributed by atoms with Crippen LogP contribution in [0.5, 0.6) is 0 Å². The summed E-state index contributed by atoms with van der Waals surface area (Å²) in [5.41, 5.74) is 0. The molecule has 2 rings (SSSR count). The van der Waals surface area contributed by atoms with Gasteiger partial charge < -0.3 is 10.6 Å². The lowest BCUT2D eigenvalue weighted by atomic mass is 10.3. The Hall–Kier alpha value is -1.92. The van der Waals surface area contributed by atoms with Crippen LogP contribution >= 0.6 is 0 Å². The van der Waals surface area contributed by atoms with E-state index >= 15 is 0 Å². The molecule has 0 aromatic carbocycles. The van der Waals surface area contributed by atoms with E-state index in [1.807, 2.05) is 13.8 Å². The van der Waals surface area contributed by atoms with Crippen LogP contribution < -0.4 is 10.6 Å². The van der Waals surface area contributed by atoms with Crippen molar-refractivity contribution in [1.29, 1.82) is 0 Å². The van der Waals surface area contributed by atoms with Crippen molar-refractivity contribution in [1.82, 2.24) is 25.8 Å². The number of aromatic nitrogens is 3. The molecule has 0 spiro atoms. The number of rotatable bonds is 6. The molecule has 0 saturated heterocycles. The molecule has 1 aromatic rings. The van der Waals surface area contributed by atoms with Crippen molar-refractivity contribution >= 4 is 11.8 Å². The van der Waals surface area contributed by atoms with E-state index in [9.17, 15) is 9.59 Å². The third-order valence-corrected chi connectivity index (χ3v) is 2.76. The Morgan fingerprint density at radius 3 is 2.79 bits per heavy atom. The van der Waals surface area contributed by atoms with Gasteiger partial charge in [0.2, 0.25) is 11.7 Å². The number of nitrogens with zero attached hydrogens (tertiary/aromatic N) is 2. The SMILES string of the molecule is CC(C)NC(=O)CCNC(=O)c1n[nH]c(C2CC2)n1. The maximum atomic E-state index is 11.7. The second kappa shape index (κ2) is 5.81. The van der Waals surface area contributed by atoms with Crippen LogP contribution in [0.2, 0.25) is 0 Å². The maximum absolute atomic E-state index is 11.7. The number of hydrogen-bond donors (Lipinski definition) is 3. The summed E-state index contributed by atoms with van der Waals surface area (Å²) in [5.74, 6) is 0.934. The molecule has 19 heavy (non-hydrogen) atoms. The third kappa shape index (κ3) is 4.04. The highest BCUT2D eigenvalue weighted by molar-refractivity contribution is 5.90. The molecule has 104 valence electrons. The first-order chi connectivity index (χ1) is 9.06. The Balaban J connectivity index is 1.72. The van der Waals surface area contributed by atoms with Gasteiger partial charge in [0, 0.05) is 24.9 Å². The van der Waals surface area contributed by atoms with Gasteiger partial charge in [-0.2, -0.15) is 0 Å². The molecule has 1 saturated carbocycles. The number of carbonyl (C=O) groups is 2. The van der Waals surface area contributed by atoms with Gasteiger partial charge >= 0.3 is 0 Å². The quantitative estimate of drug-likeness (QED) is 0.690. The molecular weight excluding hydrogens is 246 g/mol. The van der Waals surface area contributed by atoms with Crippen LogP contribution in [0.25, 0.3) is 0 Å². The van der Waals surface area contributed by atoms with Crippen molar-refractivity contribution in [2.75, 3.05) is 6.54 Å². The molecule has 2 amide bonds.